The molecule has 6 nitrogen and oxygen atoms in total. The van der Waals surface area contributed by atoms with E-state index in [0.717, 1.165) is 5.56 Å². The van der Waals surface area contributed by atoms with Gasteiger partial charge in [-0.1, -0.05) is 31.6 Å². The molecule has 1 aromatic carbocycles. The fraction of sp³-hybridized carbons (Fsp3) is 0.609. The van der Waals surface area contributed by atoms with Crippen LogP contribution >= 0.6 is 0 Å². The number of hydrogen-bond donors (Lipinski definition) is 0. The fourth-order valence-corrected chi connectivity index (χ4v) is 6.31. The molecule has 1 amide bonds. The molecule has 1 saturated heterocycles. The lowest BCUT2D eigenvalue weighted by atomic mass is 10.1. The minimum atomic E-state index is -3.11. The highest BCUT2D eigenvalue weighted by Gasteiger charge is 2.61. The molecule has 0 spiro atoms. The minimum absolute atomic E-state index is 0.0342. The summed E-state index contributed by atoms with van der Waals surface area (Å²) in [5.41, 5.74) is 1.96. The van der Waals surface area contributed by atoms with Crippen LogP contribution < -0.4 is 9.47 Å². The van der Waals surface area contributed by atoms with E-state index in [1.807, 2.05) is 32.0 Å². The molecule has 0 bridgehead atoms. The maximum Gasteiger partial charge on any atom is 0.227 e. The second-order valence-corrected chi connectivity index (χ2v) is 11.5. The van der Waals surface area contributed by atoms with Crippen LogP contribution in [0.3, 0.4) is 0 Å². The summed E-state index contributed by atoms with van der Waals surface area (Å²) in [7, 11) is 0.0460. The van der Waals surface area contributed by atoms with E-state index >= 15 is 0 Å². The van der Waals surface area contributed by atoms with E-state index in [0.29, 0.717) is 24.5 Å². The fourth-order valence-electron chi connectivity index (χ4n) is 4.58. The van der Waals surface area contributed by atoms with Crippen LogP contribution in [0.5, 0.6) is 11.5 Å². The number of allylic oxidation sites excluding steroid dienone is 2. The molecular formula is C23H33NO5S. The maximum absolute atomic E-state index is 13.6. The van der Waals surface area contributed by atoms with Crippen molar-refractivity contribution >= 4 is 15.7 Å². The van der Waals surface area contributed by atoms with Crippen LogP contribution in [0, 0.1) is 17.3 Å². The average Bonchev–Trinajstić information content (AvgIpc) is 3.00. The molecule has 1 saturated carbocycles. The van der Waals surface area contributed by atoms with E-state index in [-0.39, 0.29) is 40.7 Å². The van der Waals surface area contributed by atoms with Gasteiger partial charge in [0.1, 0.15) is 0 Å². The molecule has 1 aliphatic heterocycles. The molecule has 2 aliphatic rings. The lowest BCUT2D eigenvalue weighted by molar-refractivity contribution is -0.136. The topological polar surface area (TPSA) is 72.9 Å². The molecule has 0 radical (unpaired) electrons. The first-order chi connectivity index (χ1) is 14.0. The smallest absolute Gasteiger partial charge is 0.227 e. The molecule has 0 N–H and O–H groups in total. The van der Waals surface area contributed by atoms with Crippen molar-refractivity contribution in [3.05, 3.63) is 35.4 Å². The number of ether oxygens (including phenoxy) is 2. The molecule has 3 atom stereocenters. The van der Waals surface area contributed by atoms with Gasteiger partial charge in [-0.3, -0.25) is 4.79 Å². The van der Waals surface area contributed by atoms with Crippen molar-refractivity contribution in [2.75, 3.05) is 25.7 Å². The summed E-state index contributed by atoms with van der Waals surface area (Å²) in [6.45, 7) is 8.66. The summed E-state index contributed by atoms with van der Waals surface area (Å²) in [5.74, 6) is 1.48. The predicted molar refractivity (Wildman–Crippen MR) is 117 cm³/mol. The maximum atomic E-state index is 13.6. The van der Waals surface area contributed by atoms with Gasteiger partial charge in [-0.15, -0.1) is 0 Å². The third-order valence-electron chi connectivity index (χ3n) is 6.42. The van der Waals surface area contributed by atoms with Crippen molar-refractivity contribution in [2.24, 2.45) is 17.3 Å². The number of sulfone groups is 1. The van der Waals surface area contributed by atoms with Crippen LogP contribution in [0.25, 0.3) is 0 Å². The Morgan fingerprint density at radius 1 is 1.20 bits per heavy atom. The van der Waals surface area contributed by atoms with Gasteiger partial charge in [0, 0.05) is 12.6 Å². The SMILES string of the molecule is COc1ccc(CN(C(=O)[C@H]2[C@@H](C=C(C)C)C2(C)C)[C@@H]2CCS(=O)(=O)C2)cc1OC. The Morgan fingerprint density at radius 3 is 2.40 bits per heavy atom. The molecule has 30 heavy (non-hydrogen) atoms. The molecule has 1 aliphatic carbocycles. The summed E-state index contributed by atoms with van der Waals surface area (Å²) in [5, 5.41) is 0. The Hall–Kier alpha value is -2.02. The first kappa shape index (κ1) is 22.7. The summed E-state index contributed by atoms with van der Waals surface area (Å²) in [6, 6.07) is 5.28. The summed E-state index contributed by atoms with van der Waals surface area (Å²) < 4.78 is 35.0. The zero-order valence-corrected chi connectivity index (χ0v) is 19.6. The second kappa shape index (κ2) is 8.25. The number of amides is 1. The van der Waals surface area contributed by atoms with E-state index in [1.165, 1.54) is 5.57 Å². The molecule has 1 heterocycles. The van der Waals surface area contributed by atoms with Gasteiger partial charge in [-0.25, -0.2) is 8.42 Å². The minimum Gasteiger partial charge on any atom is -0.493 e. The van der Waals surface area contributed by atoms with Crippen LogP contribution in [0.1, 0.15) is 39.7 Å². The van der Waals surface area contributed by atoms with Crippen LogP contribution in [0.15, 0.2) is 29.8 Å². The Kier molecular flexibility index (Phi) is 6.23. The van der Waals surface area contributed by atoms with E-state index in [1.54, 1.807) is 19.1 Å². The van der Waals surface area contributed by atoms with E-state index in [4.69, 9.17) is 9.47 Å². The number of rotatable bonds is 7. The zero-order valence-electron chi connectivity index (χ0n) is 18.8. The van der Waals surface area contributed by atoms with E-state index in [9.17, 15) is 13.2 Å². The Balaban J connectivity index is 1.90. The molecule has 7 heteroatoms. The van der Waals surface area contributed by atoms with Gasteiger partial charge in [-0.2, -0.15) is 0 Å². The molecule has 0 unspecified atom stereocenters. The molecule has 1 aromatic rings. The van der Waals surface area contributed by atoms with Crippen molar-refractivity contribution in [1.82, 2.24) is 4.90 Å². The van der Waals surface area contributed by atoms with Crippen LogP contribution in [0.4, 0.5) is 0 Å². The van der Waals surface area contributed by atoms with Crippen LogP contribution in [-0.2, 0) is 21.2 Å². The van der Waals surface area contributed by atoms with Gasteiger partial charge < -0.3 is 14.4 Å². The third-order valence-corrected chi connectivity index (χ3v) is 8.17. The van der Waals surface area contributed by atoms with Gasteiger partial charge >= 0.3 is 0 Å². The third kappa shape index (κ3) is 4.51. The molecule has 3 rings (SSSR count). The number of nitrogens with zero attached hydrogens (tertiary/aromatic N) is 1. The number of carbonyl (C=O) groups excluding carboxylic acids is 1. The van der Waals surface area contributed by atoms with Gasteiger partial charge in [0.05, 0.1) is 31.6 Å². The molecular weight excluding hydrogens is 402 g/mol. The average molecular weight is 436 g/mol. The lowest BCUT2D eigenvalue weighted by Crippen LogP contribution is -2.42. The van der Waals surface area contributed by atoms with Crippen LogP contribution in [-0.4, -0.2) is 51.0 Å². The number of hydrogen-bond acceptors (Lipinski definition) is 5. The molecule has 0 aromatic heterocycles. The van der Waals surface area contributed by atoms with Crippen molar-refractivity contribution in [3.63, 3.8) is 0 Å². The number of carbonyl (C=O) groups is 1. The normalized spacial score (nSPS) is 26.0. The highest BCUT2D eigenvalue weighted by Crippen LogP contribution is 2.60. The highest BCUT2D eigenvalue weighted by atomic mass is 32.2. The van der Waals surface area contributed by atoms with Gasteiger partial charge in [-0.05, 0) is 49.3 Å². The Labute approximate surface area is 180 Å². The summed E-state index contributed by atoms with van der Waals surface area (Å²) >= 11 is 0. The standard InChI is InChI=1S/C23H33NO5S/c1-15(2)11-18-21(23(18,3)4)22(25)24(17-9-10-30(26,27)14-17)13-16-7-8-19(28-5)20(12-16)29-6/h7-8,11-12,17-18,21H,9-10,13-14H2,1-6H3/t17-,18-,21-/m1/s1. The lowest BCUT2D eigenvalue weighted by Gasteiger charge is -2.29. The van der Waals surface area contributed by atoms with Crippen molar-refractivity contribution in [3.8, 4) is 11.5 Å². The first-order valence-electron chi connectivity index (χ1n) is 10.4. The predicted octanol–water partition coefficient (Wildman–Crippen LogP) is 3.46. The highest BCUT2D eigenvalue weighted by molar-refractivity contribution is 7.91. The monoisotopic (exact) mass is 435 g/mol. The number of methoxy groups -OCH3 is 2. The second-order valence-electron chi connectivity index (χ2n) is 9.28. The number of benzene rings is 1. The van der Waals surface area contributed by atoms with Gasteiger partial charge in [0.25, 0.3) is 0 Å². The Morgan fingerprint density at radius 2 is 1.87 bits per heavy atom. The summed E-state index contributed by atoms with van der Waals surface area (Å²) in [4.78, 5) is 15.4. The molecule has 2 fully saturated rings. The van der Waals surface area contributed by atoms with E-state index < -0.39 is 9.84 Å². The van der Waals surface area contributed by atoms with Gasteiger partial charge in [0.15, 0.2) is 21.3 Å². The van der Waals surface area contributed by atoms with Crippen LogP contribution in [0.2, 0.25) is 0 Å². The summed E-state index contributed by atoms with van der Waals surface area (Å²) in [6.07, 6.45) is 2.66. The van der Waals surface area contributed by atoms with Crippen molar-refractivity contribution in [1.29, 1.82) is 0 Å². The van der Waals surface area contributed by atoms with E-state index in [2.05, 4.69) is 19.9 Å². The van der Waals surface area contributed by atoms with Crippen molar-refractivity contribution in [2.45, 2.75) is 46.7 Å². The largest absolute Gasteiger partial charge is 0.493 e. The first-order valence-corrected chi connectivity index (χ1v) is 12.2. The molecule has 166 valence electrons. The van der Waals surface area contributed by atoms with Gasteiger partial charge in [0.2, 0.25) is 5.91 Å². The quantitative estimate of drug-likeness (QED) is 0.614. The Bertz CT molecular complexity index is 946. The van der Waals surface area contributed by atoms with Crippen molar-refractivity contribution < 1.29 is 22.7 Å². The zero-order chi connectivity index (χ0) is 22.3.